The van der Waals surface area contributed by atoms with E-state index in [1.54, 1.807) is 18.1 Å². The van der Waals surface area contributed by atoms with Crippen molar-refractivity contribution in [2.24, 2.45) is 10.9 Å². The number of piperazine rings is 1. The van der Waals surface area contributed by atoms with Gasteiger partial charge in [0.05, 0.1) is 0 Å². The Morgan fingerprint density at radius 3 is 2.74 bits per heavy atom. The van der Waals surface area contributed by atoms with E-state index in [4.69, 9.17) is 16.6 Å². The summed E-state index contributed by atoms with van der Waals surface area (Å²) >= 11 is 8.65. The summed E-state index contributed by atoms with van der Waals surface area (Å²) < 4.78 is 0. The number of hydrogen-bond donors (Lipinski definition) is 3. The van der Waals surface area contributed by atoms with Crippen LogP contribution in [0.1, 0.15) is 37.8 Å². The van der Waals surface area contributed by atoms with Crippen LogP contribution in [0, 0.1) is 5.92 Å². The minimum absolute atomic E-state index is 0.664. The summed E-state index contributed by atoms with van der Waals surface area (Å²) in [5.74, 6) is 1.44. The summed E-state index contributed by atoms with van der Waals surface area (Å²) in [4.78, 5) is 16.1. The van der Waals surface area contributed by atoms with Gasteiger partial charge >= 0.3 is 0 Å². The van der Waals surface area contributed by atoms with Crippen LogP contribution in [0.2, 0.25) is 0 Å². The Morgan fingerprint density at radius 1 is 1.22 bits per heavy atom. The van der Waals surface area contributed by atoms with Gasteiger partial charge in [0.15, 0.2) is 5.84 Å². The fourth-order valence-corrected chi connectivity index (χ4v) is 4.92. The maximum Gasteiger partial charge on any atom is 0.249 e. The van der Waals surface area contributed by atoms with Crippen molar-refractivity contribution < 1.29 is 0 Å². The lowest BCUT2D eigenvalue weighted by molar-refractivity contribution is 0.147. The van der Waals surface area contributed by atoms with E-state index >= 15 is 0 Å². The van der Waals surface area contributed by atoms with Gasteiger partial charge in [0.2, 0.25) is 5.25 Å². The molecular weight excluding hydrogens is 382 g/mol. The van der Waals surface area contributed by atoms with Crippen molar-refractivity contribution in [3.05, 3.63) is 12.0 Å². The van der Waals surface area contributed by atoms with E-state index in [1.807, 2.05) is 6.26 Å². The zero-order valence-corrected chi connectivity index (χ0v) is 17.4. The van der Waals surface area contributed by atoms with Crippen molar-refractivity contribution in [3.63, 3.8) is 0 Å². The van der Waals surface area contributed by atoms with Crippen molar-refractivity contribution >= 4 is 34.9 Å². The van der Waals surface area contributed by atoms with Gasteiger partial charge in [0.25, 0.3) is 0 Å². The molecule has 7 nitrogen and oxygen atoms in total. The number of aliphatic imine (C=N–C) groups is 1. The zero-order chi connectivity index (χ0) is 18.7. The smallest absolute Gasteiger partial charge is 0.249 e. The van der Waals surface area contributed by atoms with E-state index in [0.717, 1.165) is 55.0 Å². The minimum atomic E-state index is -0.907. The molecule has 0 spiro atoms. The highest BCUT2D eigenvalue weighted by atomic mass is 35.5. The van der Waals surface area contributed by atoms with Gasteiger partial charge in [0.1, 0.15) is 22.7 Å². The molecule has 1 saturated heterocycles. The number of alkyl halides is 1. The largest absolute Gasteiger partial charge is 0.333 e. The first-order valence-corrected chi connectivity index (χ1v) is 11.4. The molecule has 0 radical (unpaired) electrons. The Balaban J connectivity index is 1.64. The maximum atomic E-state index is 7.06. The number of nitrogens with one attached hydrogen (secondary N) is 3. The van der Waals surface area contributed by atoms with Crippen molar-refractivity contribution in [3.8, 4) is 0 Å². The molecule has 1 saturated carbocycles. The lowest BCUT2D eigenvalue weighted by atomic mass is 9.89. The standard InChI is InChI=1S/C18H28ClN7S/c1-27-17-15-14(22-12-23-17)16(21-11-13-5-3-2-4-6-13)25-18(19,24-15)26-9-7-20-8-10-26/h12-13,20,24H,2-11H2,1H3,(H,21,25). The number of nitrogens with zero attached hydrogens (tertiary/aromatic N) is 4. The molecule has 0 bridgehead atoms. The van der Waals surface area contributed by atoms with Crippen molar-refractivity contribution in [2.45, 2.75) is 42.4 Å². The minimum Gasteiger partial charge on any atom is -0.333 e. The van der Waals surface area contributed by atoms with E-state index in [2.05, 4.69) is 30.8 Å². The van der Waals surface area contributed by atoms with Gasteiger partial charge in [-0.1, -0.05) is 30.9 Å². The molecule has 148 valence electrons. The first-order valence-electron chi connectivity index (χ1n) is 9.84. The van der Waals surface area contributed by atoms with Crippen LogP contribution in [0.4, 0.5) is 5.69 Å². The first-order chi connectivity index (χ1) is 13.2. The van der Waals surface area contributed by atoms with Crippen LogP contribution in [0.15, 0.2) is 16.3 Å². The highest BCUT2D eigenvalue weighted by Crippen LogP contribution is 2.34. The fraction of sp³-hybridized carbons (Fsp3) is 0.722. The molecule has 1 aliphatic carbocycles. The molecule has 9 heteroatoms. The summed E-state index contributed by atoms with van der Waals surface area (Å²) in [7, 11) is 0. The average Bonchev–Trinajstić information content (AvgIpc) is 2.73. The quantitative estimate of drug-likeness (QED) is 0.305. The SMILES string of the molecule is CSc1ncnc2c1NC(Cl)(N1CCNCC1)NC2=NCC1CCCCC1. The maximum absolute atomic E-state index is 7.06. The summed E-state index contributed by atoms with van der Waals surface area (Å²) in [5, 5.41) is 10.3. The molecule has 1 unspecified atom stereocenters. The van der Waals surface area contributed by atoms with E-state index in [0.29, 0.717) is 5.92 Å². The van der Waals surface area contributed by atoms with E-state index < -0.39 is 5.25 Å². The molecule has 2 aliphatic heterocycles. The normalized spacial score (nSPS) is 28.4. The van der Waals surface area contributed by atoms with Gasteiger partial charge in [0, 0.05) is 32.7 Å². The van der Waals surface area contributed by atoms with Crippen molar-refractivity contribution in [2.75, 3.05) is 44.3 Å². The van der Waals surface area contributed by atoms with Gasteiger partial charge in [-0.3, -0.25) is 4.99 Å². The number of halogens is 1. The van der Waals surface area contributed by atoms with Crippen molar-refractivity contribution in [1.29, 1.82) is 0 Å². The fourth-order valence-electron chi connectivity index (χ4n) is 4.06. The molecule has 1 aromatic rings. The molecule has 0 amide bonds. The Morgan fingerprint density at radius 2 is 2.00 bits per heavy atom. The molecule has 4 rings (SSSR count). The van der Waals surface area contributed by atoms with Crippen LogP contribution in [0.5, 0.6) is 0 Å². The summed E-state index contributed by atoms with van der Waals surface area (Å²) in [5.41, 5.74) is 1.69. The van der Waals surface area contributed by atoms with Crippen LogP contribution in [-0.4, -0.2) is 64.9 Å². The van der Waals surface area contributed by atoms with Crippen LogP contribution in [0.25, 0.3) is 0 Å². The van der Waals surface area contributed by atoms with Crippen LogP contribution >= 0.6 is 23.4 Å². The number of hydrogen-bond acceptors (Lipinski definition) is 7. The Hall–Kier alpha value is -1.09. The predicted molar refractivity (Wildman–Crippen MR) is 112 cm³/mol. The highest BCUT2D eigenvalue weighted by Gasteiger charge is 2.42. The molecule has 27 heavy (non-hydrogen) atoms. The molecule has 3 heterocycles. The lowest BCUT2D eigenvalue weighted by Crippen LogP contribution is -2.67. The zero-order valence-electron chi connectivity index (χ0n) is 15.8. The molecule has 0 aromatic carbocycles. The van der Waals surface area contributed by atoms with Crippen LogP contribution in [-0.2, 0) is 0 Å². The van der Waals surface area contributed by atoms with Gasteiger partial charge in [-0.25, -0.2) is 14.9 Å². The van der Waals surface area contributed by atoms with Crippen molar-refractivity contribution in [1.82, 2.24) is 25.5 Å². The van der Waals surface area contributed by atoms with E-state index in [-0.39, 0.29) is 0 Å². The number of amidine groups is 1. The van der Waals surface area contributed by atoms with Crippen LogP contribution < -0.4 is 16.0 Å². The number of thioether (sulfide) groups is 1. The molecule has 1 aromatic heterocycles. The molecular formula is C18H28ClN7S. The third kappa shape index (κ3) is 4.18. The van der Waals surface area contributed by atoms with Crippen LogP contribution in [0.3, 0.4) is 0 Å². The number of anilines is 1. The Labute approximate surface area is 170 Å². The second-order valence-electron chi connectivity index (χ2n) is 7.41. The Kier molecular flexibility index (Phi) is 6.06. The summed E-state index contributed by atoms with van der Waals surface area (Å²) in [6.45, 7) is 4.38. The number of fused-ring (bicyclic) bond motifs is 1. The van der Waals surface area contributed by atoms with Gasteiger partial charge in [-0.2, -0.15) is 0 Å². The molecule has 2 fully saturated rings. The third-order valence-electron chi connectivity index (χ3n) is 5.59. The Bertz CT molecular complexity index is 688. The highest BCUT2D eigenvalue weighted by molar-refractivity contribution is 7.98. The second-order valence-corrected chi connectivity index (χ2v) is 8.75. The van der Waals surface area contributed by atoms with E-state index in [1.165, 1.54) is 32.1 Å². The monoisotopic (exact) mass is 409 g/mol. The van der Waals surface area contributed by atoms with Gasteiger partial charge in [-0.05, 0) is 25.0 Å². The lowest BCUT2D eigenvalue weighted by Gasteiger charge is -2.45. The van der Waals surface area contributed by atoms with E-state index in [9.17, 15) is 0 Å². The third-order valence-corrected chi connectivity index (χ3v) is 6.71. The summed E-state index contributed by atoms with van der Waals surface area (Å²) in [6, 6.07) is 0. The first kappa shape index (κ1) is 19.2. The molecule has 3 aliphatic rings. The summed E-state index contributed by atoms with van der Waals surface area (Å²) in [6.07, 6.45) is 10.2. The number of aromatic nitrogens is 2. The average molecular weight is 410 g/mol. The molecule has 1 atom stereocenters. The number of rotatable bonds is 4. The van der Waals surface area contributed by atoms with Gasteiger partial charge in [-0.15, -0.1) is 11.8 Å². The van der Waals surface area contributed by atoms with Gasteiger partial charge < -0.3 is 16.0 Å². The predicted octanol–water partition coefficient (Wildman–Crippen LogP) is 2.30. The topological polar surface area (TPSA) is 77.5 Å². The molecule has 3 N–H and O–H groups in total. The second kappa shape index (κ2) is 8.51.